The Morgan fingerprint density at radius 1 is 1.00 bits per heavy atom. The normalized spacial score (nSPS) is 11.4. The molecule has 0 bridgehead atoms. The number of para-hydroxylation sites is 1. The first-order valence-corrected chi connectivity index (χ1v) is 9.87. The van der Waals surface area contributed by atoms with Gasteiger partial charge in [-0.2, -0.15) is 0 Å². The molecule has 2 aromatic carbocycles. The molecule has 0 radical (unpaired) electrons. The van der Waals surface area contributed by atoms with Crippen LogP contribution >= 0.6 is 11.3 Å². The fourth-order valence-corrected chi connectivity index (χ4v) is 3.30. The van der Waals surface area contributed by atoms with Gasteiger partial charge in [-0.15, -0.1) is 11.3 Å². The fraction of sp³-hybridized carbons (Fsp3) is 0.0909. The first-order valence-electron chi connectivity index (χ1n) is 8.99. The van der Waals surface area contributed by atoms with E-state index in [4.69, 9.17) is 19.7 Å². The van der Waals surface area contributed by atoms with E-state index in [0.717, 1.165) is 10.4 Å². The van der Waals surface area contributed by atoms with Crippen LogP contribution in [0.4, 0.5) is 0 Å². The van der Waals surface area contributed by atoms with E-state index < -0.39 is 0 Å². The lowest BCUT2D eigenvalue weighted by atomic mass is 10.2. The minimum atomic E-state index is 0.155. The summed E-state index contributed by atoms with van der Waals surface area (Å²) in [7, 11) is 0. The molecule has 0 fully saturated rings. The molecular weight excluding hydrogens is 386 g/mol. The number of ether oxygens (including phenoxy) is 1. The monoisotopic (exact) mass is 405 g/mol. The fourth-order valence-electron chi connectivity index (χ4n) is 2.64. The zero-order chi connectivity index (χ0) is 19.9. The second-order valence-electron chi connectivity index (χ2n) is 6.14. The molecule has 0 saturated carbocycles. The van der Waals surface area contributed by atoms with Crippen LogP contribution in [0.25, 0.3) is 10.8 Å². The summed E-state index contributed by atoms with van der Waals surface area (Å²) in [6, 6.07) is 21.3. The van der Waals surface area contributed by atoms with Crippen LogP contribution in [0.3, 0.4) is 0 Å². The van der Waals surface area contributed by atoms with Gasteiger partial charge in [-0.05, 0) is 29.1 Å². The molecule has 2 N–H and O–H groups in total. The predicted octanol–water partition coefficient (Wildman–Crippen LogP) is 4.82. The number of amidine groups is 1. The van der Waals surface area contributed by atoms with Crippen molar-refractivity contribution in [2.75, 3.05) is 0 Å². The predicted molar refractivity (Wildman–Crippen MR) is 113 cm³/mol. The Morgan fingerprint density at radius 3 is 2.66 bits per heavy atom. The van der Waals surface area contributed by atoms with Crippen LogP contribution in [-0.2, 0) is 18.1 Å². The van der Waals surface area contributed by atoms with Crippen molar-refractivity contribution in [1.29, 1.82) is 0 Å². The van der Waals surface area contributed by atoms with Crippen LogP contribution in [0.15, 0.2) is 87.9 Å². The summed E-state index contributed by atoms with van der Waals surface area (Å²) in [5.74, 6) is 1.44. The summed E-state index contributed by atoms with van der Waals surface area (Å²) in [5, 5.41) is 5.98. The molecule has 0 amide bonds. The van der Waals surface area contributed by atoms with Gasteiger partial charge in [0.05, 0.1) is 10.4 Å². The van der Waals surface area contributed by atoms with Gasteiger partial charge in [-0.25, -0.2) is 4.98 Å². The lowest BCUT2D eigenvalue weighted by Gasteiger charge is -2.11. The van der Waals surface area contributed by atoms with E-state index in [2.05, 4.69) is 10.1 Å². The molecule has 29 heavy (non-hydrogen) atoms. The van der Waals surface area contributed by atoms with Crippen LogP contribution in [0, 0.1) is 0 Å². The molecule has 0 aliphatic carbocycles. The van der Waals surface area contributed by atoms with Crippen molar-refractivity contribution in [3.05, 3.63) is 95.2 Å². The second kappa shape index (κ2) is 9.07. The quantitative estimate of drug-likeness (QED) is 0.258. The number of hydrogen-bond donors (Lipinski definition) is 1. The zero-order valence-electron chi connectivity index (χ0n) is 15.5. The van der Waals surface area contributed by atoms with Crippen LogP contribution in [0.5, 0.6) is 5.75 Å². The molecule has 0 unspecified atom stereocenters. The Bertz CT molecular complexity index is 1080. The van der Waals surface area contributed by atoms with Crippen molar-refractivity contribution in [2.45, 2.75) is 13.2 Å². The van der Waals surface area contributed by atoms with Gasteiger partial charge >= 0.3 is 0 Å². The molecule has 0 atom stereocenters. The lowest BCUT2D eigenvalue weighted by Crippen LogP contribution is -2.15. The Kier molecular flexibility index (Phi) is 5.87. The minimum Gasteiger partial charge on any atom is -0.488 e. The largest absolute Gasteiger partial charge is 0.488 e. The van der Waals surface area contributed by atoms with Gasteiger partial charge in [0.15, 0.2) is 12.4 Å². The van der Waals surface area contributed by atoms with Gasteiger partial charge in [-0.3, -0.25) is 0 Å². The Balaban J connectivity index is 1.39. The van der Waals surface area contributed by atoms with E-state index in [9.17, 15) is 0 Å². The van der Waals surface area contributed by atoms with Gasteiger partial charge in [0.1, 0.15) is 24.3 Å². The summed E-state index contributed by atoms with van der Waals surface area (Å²) in [6.45, 7) is 0.596. The Labute approximate surface area is 172 Å². The standard InChI is InChI=1S/C22H19N3O3S/c23-21(25-28-15-17-14-27-22(24-17)20-11-6-12-29-20)18-9-4-5-10-19(18)26-13-16-7-2-1-3-8-16/h1-12,14H,13,15H2,(H2,23,25). The maximum Gasteiger partial charge on any atom is 0.236 e. The number of oxime groups is 1. The van der Waals surface area contributed by atoms with Crippen LogP contribution in [-0.4, -0.2) is 10.8 Å². The average Bonchev–Trinajstić information content (AvgIpc) is 3.45. The van der Waals surface area contributed by atoms with E-state index in [1.807, 2.05) is 72.1 Å². The van der Waals surface area contributed by atoms with E-state index >= 15 is 0 Å². The van der Waals surface area contributed by atoms with E-state index in [0.29, 0.717) is 29.5 Å². The molecule has 0 aliphatic heterocycles. The van der Waals surface area contributed by atoms with Crippen molar-refractivity contribution < 1.29 is 14.0 Å². The van der Waals surface area contributed by atoms with Gasteiger partial charge in [0.2, 0.25) is 5.89 Å². The number of hydrogen-bond acceptors (Lipinski definition) is 6. The number of thiophene rings is 1. The molecule has 7 heteroatoms. The van der Waals surface area contributed by atoms with Gasteiger partial charge < -0.3 is 19.7 Å². The van der Waals surface area contributed by atoms with E-state index in [1.54, 1.807) is 17.6 Å². The molecule has 2 aromatic heterocycles. The SMILES string of the molecule is N/C(=N/OCc1coc(-c2cccs2)n1)c1ccccc1OCc1ccccc1. The highest BCUT2D eigenvalue weighted by molar-refractivity contribution is 7.13. The molecule has 146 valence electrons. The molecule has 2 heterocycles. The highest BCUT2D eigenvalue weighted by Crippen LogP contribution is 2.24. The lowest BCUT2D eigenvalue weighted by molar-refractivity contribution is 0.127. The molecule has 0 spiro atoms. The number of benzene rings is 2. The molecule has 0 aliphatic rings. The Morgan fingerprint density at radius 2 is 1.83 bits per heavy atom. The van der Waals surface area contributed by atoms with Crippen molar-refractivity contribution in [1.82, 2.24) is 4.98 Å². The van der Waals surface area contributed by atoms with Crippen LogP contribution in [0.1, 0.15) is 16.8 Å². The highest BCUT2D eigenvalue weighted by Gasteiger charge is 2.10. The molecule has 6 nitrogen and oxygen atoms in total. The number of nitrogens with zero attached hydrogens (tertiary/aromatic N) is 2. The summed E-state index contributed by atoms with van der Waals surface area (Å²) in [4.78, 5) is 10.7. The zero-order valence-corrected chi connectivity index (χ0v) is 16.3. The molecule has 4 aromatic rings. The second-order valence-corrected chi connectivity index (χ2v) is 7.09. The summed E-state index contributed by atoms with van der Waals surface area (Å²) < 4.78 is 11.4. The van der Waals surface area contributed by atoms with Crippen molar-refractivity contribution in [2.24, 2.45) is 10.9 Å². The van der Waals surface area contributed by atoms with Crippen molar-refractivity contribution in [3.8, 4) is 16.5 Å². The first kappa shape index (κ1) is 18.8. The summed E-state index contributed by atoms with van der Waals surface area (Å²) in [6.07, 6.45) is 1.55. The smallest absolute Gasteiger partial charge is 0.236 e. The topological polar surface area (TPSA) is 82.9 Å². The third-order valence-corrected chi connectivity index (χ3v) is 4.92. The third kappa shape index (κ3) is 4.83. The van der Waals surface area contributed by atoms with Gasteiger partial charge in [0, 0.05) is 0 Å². The third-order valence-electron chi connectivity index (χ3n) is 4.06. The van der Waals surface area contributed by atoms with Crippen molar-refractivity contribution >= 4 is 17.2 Å². The number of nitrogens with two attached hydrogens (primary N) is 1. The number of oxazole rings is 1. The summed E-state index contributed by atoms with van der Waals surface area (Å²) >= 11 is 1.56. The molecular formula is C22H19N3O3S. The number of rotatable bonds is 8. The highest BCUT2D eigenvalue weighted by atomic mass is 32.1. The van der Waals surface area contributed by atoms with Gasteiger partial charge in [0.25, 0.3) is 0 Å². The molecule has 4 rings (SSSR count). The summed E-state index contributed by atoms with van der Waals surface area (Å²) in [5.41, 5.74) is 8.49. The Hall–Kier alpha value is -3.58. The minimum absolute atomic E-state index is 0.155. The van der Waals surface area contributed by atoms with E-state index in [1.165, 1.54) is 0 Å². The first-order chi connectivity index (χ1) is 14.3. The number of aromatic nitrogens is 1. The van der Waals surface area contributed by atoms with Gasteiger partial charge in [-0.1, -0.05) is 53.7 Å². The van der Waals surface area contributed by atoms with E-state index in [-0.39, 0.29) is 12.4 Å². The van der Waals surface area contributed by atoms with Crippen LogP contribution < -0.4 is 10.5 Å². The maximum atomic E-state index is 6.11. The average molecular weight is 405 g/mol. The maximum absolute atomic E-state index is 6.11. The van der Waals surface area contributed by atoms with Crippen molar-refractivity contribution in [3.63, 3.8) is 0 Å². The molecule has 0 saturated heterocycles. The van der Waals surface area contributed by atoms with Crippen LogP contribution in [0.2, 0.25) is 0 Å².